The van der Waals surface area contributed by atoms with Gasteiger partial charge < -0.3 is 9.47 Å². The Hall–Kier alpha value is -1.93. The molecule has 2 aromatic carbocycles. The second kappa shape index (κ2) is 10.2. The average Bonchev–Trinajstić information content (AvgIpc) is 2.73. The van der Waals surface area contributed by atoms with E-state index in [2.05, 4.69) is 21.8 Å². The minimum atomic E-state index is -3.55. The van der Waals surface area contributed by atoms with E-state index in [0.717, 1.165) is 36.4 Å². The summed E-state index contributed by atoms with van der Waals surface area (Å²) in [6.07, 6.45) is 0.938. The second-order valence-corrected chi connectivity index (χ2v) is 9.01. The number of sulfonamides is 1. The van der Waals surface area contributed by atoms with Crippen molar-refractivity contribution in [2.75, 3.05) is 39.4 Å². The maximum Gasteiger partial charge on any atom is 0.240 e. The molecule has 0 aromatic heterocycles. The largest absolute Gasteiger partial charge is 0.493 e. The molecule has 158 valence electrons. The van der Waals surface area contributed by atoms with Crippen LogP contribution in [0.5, 0.6) is 5.75 Å². The van der Waals surface area contributed by atoms with Gasteiger partial charge in [0.15, 0.2) is 0 Å². The van der Waals surface area contributed by atoms with Gasteiger partial charge in [-0.15, -0.1) is 0 Å². The summed E-state index contributed by atoms with van der Waals surface area (Å²) in [5.41, 5.74) is 1.97. The predicted octanol–water partition coefficient (Wildman–Crippen LogP) is 3.14. The molecule has 0 saturated carbocycles. The summed E-state index contributed by atoms with van der Waals surface area (Å²) in [4.78, 5) is 2.50. The van der Waals surface area contributed by atoms with Crippen molar-refractivity contribution >= 4 is 10.0 Å². The maximum atomic E-state index is 12.6. The normalized spacial score (nSPS) is 17.9. The molecule has 0 aliphatic carbocycles. The number of ether oxygens (including phenoxy) is 2. The van der Waals surface area contributed by atoms with E-state index in [1.807, 2.05) is 32.0 Å². The fourth-order valence-corrected chi connectivity index (χ4v) is 4.47. The molecule has 3 rings (SSSR count). The highest BCUT2D eigenvalue weighted by atomic mass is 32.2. The number of hydrogen-bond acceptors (Lipinski definition) is 5. The van der Waals surface area contributed by atoms with Crippen LogP contribution in [0, 0.1) is 6.92 Å². The van der Waals surface area contributed by atoms with Crippen LogP contribution in [0.25, 0.3) is 0 Å². The van der Waals surface area contributed by atoms with Crippen LogP contribution < -0.4 is 9.46 Å². The van der Waals surface area contributed by atoms with Crippen molar-refractivity contribution in [2.45, 2.75) is 31.3 Å². The van der Waals surface area contributed by atoms with E-state index in [0.29, 0.717) is 26.3 Å². The maximum absolute atomic E-state index is 12.6. The van der Waals surface area contributed by atoms with Gasteiger partial charge >= 0.3 is 0 Å². The molecule has 6 nitrogen and oxygen atoms in total. The van der Waals surface area contributed by atoms with Gasteiger partial charge in [0.1, 0.15) is 5.75 Å². The monoisotopic (exact) mass is 418 g/mol. The molecule has 7 heteroatoms. The van der Waals surface area contributed by atoms with E-state index in [9.17, 15) is 8.42 Å². The van der Waals surface area contributed by atoms with Gasteiger partial charge in [-0.05, 0) is 42.7 Å². The van der Waals surface area contributed by atoms with Crippen LogP contribution in [-0.4, -0.2) is 52.7 Å². The van der Waals surface area contributed by atoms with Gasteiger partial charge in [-0.1, -0.05) is 37.3 Å². The molecule has 1 aliphatic rings. The molecule has 1 atom stereocenters. The van der Waals surface area contributed by atoms with Gasteiger partial charge in [0.25, 0.3) is 0 Å². The summed E-state index contributed by atoms with van der Waals surface area (Å²) in [5, 5.41) is 0. The molecule has 1 N–H and O–H groups in total. The van der Waals surface area contributed by atoms with Gasteiger partial charge in [0.2, 0.25) is 10.0 Å². The summed E-state index contributed by atoms with van der Waals surface area (Å²) in [6.45, 7) is 7.72. The average molecular weight is 419 g/mol. The molecule has 0 radical (unpaired) electrons. The number of rotatable bonds is 9. The van der Waals surface area contributed by atoms with Gasteiger partial charge in [0.05, 0.1) is 24.2 Å². The summed E-state index contributed by atoms with van der Waals surface area (Å²) < 4.78 is 39.5. The zero-order chi connectivity index (χ0) is 20.7. The Balaban J connectivity index is 1.53. The molecule has 1 heterocycles. The molecule has 1 saturated heterocycles. The summed E-state index contributed by atoms with van der Waals surface area (Å²) in [7, 11) is -3.55. The Kier molecular flexibility index (Phi) is 7.66. The molecular weight excluding hydrogens is 388 g/mol. The van der Waals surface area contributed by atoms with E-state index >= 15 is 0 Å². The van der Waals surface area contributed by atoms with E-state index in [1.54, 1.807) is 18.2 Å². The Morgan fingerprint density at radius 2 is 2.00 bits per heavy atom. The Labute approximate surface area is 173 Å². The number of nitrogens with one attached hydrogen (secondary N) is 1. The molecule has 0 amide bonds. The first-order valence-corrected chi connectivity index (χ1v) is 11.6. The van der Waals surface area contributed by atoms with E-state index in [1.165, 1.54) is 0 Å². The topological polar surface area (TPSA) is 67.9 Å². The van der Waals surface area contributed by atoms with Crippen molar-refractivity contribution in [2.24, 2.45) is 0 Å². The smallest absolute Gasteiger partial charge is 0.240 e. The lowest BCUT2D eigenvalue weighted by atomic mass is 10.1. The summed E-state index contributed by atoms with van der Waals surface area (Å²) >= 11 is 0. The van der Waals surface area contributed by atoms with Crippen LogP contribution in [0.3, 0.4) is 0 Å². The van der Waals surface area contributed by atoms with E-state index in [4.69, 9.17) is 9.47 Å². The van der Waals surface area contributed by atoms with Crippen LogP contribution in [0.1, 0.15) is 30.6 Å². The second-order valence-electron chi connectivity index (χ2n) is 7.24. The van der Waals surface area contributed by atoms with Crippen molar-refractivity contribution in [3.05, 3.63) is 59.7 Å². The highest BCUT2D eigenvalue weighted by Crippen LogP contribution is 2.23. The third kappa shape index (κ3) is 6.02. The van der Waals surface area contributed by atoms with Gasteiger partial charge in [-0.3, -0.25) is 4.90 Å². The highest BCUT2D eigenvalue weighted by molar-refractivity contribution is 7.89. The molecule has 0 spiro atoms. The van der Waals surface area contributed by atoms with Gasteiger partial charge in [-0.25, -0.2) is 13.1 Å². The fraction of sp³-hybridized carbons (Fsp3) is 0.455. The highest BCUT2D eigenvalue weighted by Gasteiger charge is 2.22. The van der Waals surface area contributed by atoms with E-state index < -0.39 is 10.0 Å². The third-order valence-corrected chi connectivity index (χ3v) is 6.42. The SMILES string of the molecule is CCCOc1ccc(S(=O)(=O)NCCN2CCOC(c3ccccc3)C2)cc1C. The number of benzene rings is 2. The molecule has 29 heavy (non-hydrogen) atoms. The molecule has 0 bridgehead atoms. The zero-order valence-electron chi connectivity index (χ0n) is 17.1. The van der Waals surface area contributed by atoms with Crippen LogP contribution in [0.15, 0.2) is 53.4 Å². The molecule has 1 unspecified atom stereocenters. The lowest BCUT2D eigenvalue weighted by Crippen LogP contribution is -2.42. The van der Waals surface area contributed by atoms with E-state index in [-0.39, 0.29) is 11.0 Å². The standard InChI is InChI=1S/C22H30N2O4S/c1-3-14-27-21-10-9-20(16-18(21)2)29(25,26)23-11-12-24-13-15-28-22(17-24)19-7-5-4-6-8-19/h4-10,16,22-23H,3,11-15,17H2,1-2H3. The van der Waals surface area contributed by atoms with Crippen molar-refractivity contribution in [1.29, 1.82) is 0 Å². The lowest BCUT2D eigenvalue weighted by molar-refractivity contribution is -0.0291. The molecule has 1 fully saturated rings. The summed E-state index contributed by atoms with van der Waals surface area (Å²) in [6, 6.07) is 15.1. The van der Waals surface area contributed by atoms with Crippen molar-refractivity contribution < 1.29 is 17.9 Å². The van der Waals surface area contributed by atoms with Crippen LogP contribution >= 0.6 is 0 Å². The fourth-order valence-electron chi connectivity index (χ4n) is 3.36. The number of aryl methyl sites for hydroxylation is 1. The molecule has 2 aromatic rings. The Morgan fingerprint density at radius 3 is 2.72 bits per heavy atom. The Bertz CT molecular complexity index is 887. The van der Waals surface area contributed by atoms with Crippen LogP contribution in [-0.2, 0) is 14.8 Å². The number of nitrogens with zero attached hydrogens (tertiary/aromatic N) is 1. The zero-order valence-corrected chi connectivity index (χ0v) is 18.0. The van der Waals surface area contributed by atoms with Gasteiger partial charge in [-0.2, -0.15) is 0 Å². The minimum Gasteiger partial charge on any atom is -0.493 e. The first-order chi connectivity index (χ1) is 14.0. The molecule has 1 aliphatic heterocycles. The van der Waals surface area contributed by atoms with Crippen molar-refractivity contribution in [3.8, 4) is 5.75 Å². The Morgan fingerprint density at radius 1 is 1.21 bits per heavy atom. The quantitative estimate of drug-likeness (QED) is 0.678. The minimum absolute atomic E-state index is 0.0277. The third-order valence-electron chi connectivity index (χ3n) is 4.96. The lowest BCUT2D eigenvalue weighted by Gasteiger charge is -2.33. The van der Waals surface area contributed by atoms with Crippen LogP contribution in [0.2, 0.25) is 0 Å². The summed E-state index contributed by atoms with van der Waals surface area (Å²) in [5.74, 6) is 0.728. The number of hydrogen-bond donors (Lipinski definition) is 1. The molecular formula is C22H30N2O4S. The first kappa shape index (κ1) is 21.8. The first-order valence-electron chi connectivity index (χ1n) is 10.1. The van der Waals surface area contributed by atoms with Gasteiger partial charge in [0, 0.05) is 26.2 Å². The van der Waals surface area contributed by atoms with Crippen LogP contribution in [0.4, 0.5) is 0 Å². The van der Waals surface area contributed by atoms with Crippen molar-refractivity contribution in [1.82, 2.24) is 9.62 Å². The predicted molar refractivity (Wildman–Crippen MR) is 114 cm³/mol. The van der Waals surface area contributed by atoms with Crippen molar-refractivity contribution in [3.63, 3.8) is 0 Å². The number of morpholine rings is 1.